The quantitative estimate of drug-likeness (QED) is 0.584. The molecule has 0 atom stereocenters. The third-order valence-corrected chi connectivity index (χ3v) is 7.18. The molecule has 0 radical (unpaired) electrons. The highest BCUT2D eigenvalue weighted by Gasteiger charge is 2.24. The Balaban J connectivity index is 2.67. The van der Waals surface area contributed by atoms with Gasteiger partial charge in [0.25, 0.3) is 0 Å². The molecule has 0 aromatic heterocycles. The van der Waals surface area contributed by atoms with Crippen molar-refractivity contribution in [2.75, 3.05) is 6.61 Å². The highest BCUT2D eigenvalue weighted by molar-refractivity contribution is 9.08. The molecule has 3 heteroatoms. The van der Waals surface area contributed by atoms with Crippen molar-refractivity contribution in [3.05, 3.63) is 29.8 Å². The van der Waals surface area contributed by atoms with E-state index in [1.165, 1.54) is 5.56 Å². The molecule has 0 amide bonds. The summed E-state index contributed by atoms with van der Waals surface area (Å²) in [4.78, 5) is 0. The van der Waals surface area contributed by atoms with Crippen LogP contribution in [0.1, 0.15) is 19.4 Å². The molecule has 0 fully saturated rings. The van der Waals surface area contributed by atoms with Gasteiger partial charge in [0.1, 0.15) is 5.75 Å². The first-order chi connectivity index (χ1) is 7.47. The van der Waals surface area contributed by atoms with E-state index in [2.05, 4.69) is 55.0 Å². The van der Waals surface area contributed by atoms with E-state index in [-0.39, 0.29) is 0 Å². The van der Waals surface area contributed by atoms with E-state index < -0.39 is 8.80 Å². The SMILES string of the molecule is C[SiH](C)C(C)(C)COc1ccccc1CBr. The zero-order valence-electron chi connectivity index (χ0n) is 10.6. The second-order valence-electron chi connectivity index (χ2n) is 5.17. The maximum atomic E-state index is 5.96. The van der Waals surface area contributed by atoms with Crippen LogP contribution in [0, 0.1) is 0 Å². The first-order valence-electron chi connectivity index (χ1n) is 5.74. The second-order valence-corrected chi connectivity index (χ2v) is 9.61. The summed E-state index contributed by atoms with van der Waals surface area (Å²) in [5.74, 6) is 1.02. The summed E-state index contributed by atoms with van der Waals surface area (Å²) >= 11 is 3.49. The van der Waals surface area contributed by atoms with Crippen LogP contribution in [-0.2, 0) is 5.33 Å². The number of rotatable bonds is 5. The lowest BCUT2D eigenvalue weighted by atomic mass is 10.2. The number of hydrogen-bond acceptors (Lipinski definition) is 1. The highest BCUT2D eigenvalue weighted by Crippen LogP contribution is 2.30. The van der Waals surface area contributed by atoms with Crippen LogP contribution >= 0.6 is 15.9 Å². The van der Waals surface area contributed by atoms with Gasteiger partial charge >= 0.3 is 0 Å². The molecule has 0 aliphatic rings. The van der Waals surface area contributed by atoms with Crippen LogP contribution in [0.2, 0.25) is 18.1 Å². The Hall–Kier alpha value is -0.283. The second kappa shape index (κ2) is 5.87. The van der Waals surface area contributed by atoms with Gasteiger partial charge in [-0.2, -0.15) is 0 Å². The molecule has 1 nitrogen and oxygen atoms in total. The summed E-state index contributed by atoms with van der Waals surface area (Å²) in [7, 11) is -0.682. The van der Waals surface area contributed by atoms with Crippen molar-refractivity contribution in [3.8, 4) is 5.75 Å². The lowest BCUT2D eigenvalue weighted by Gasteiger charge is -2.28. The van der Waals surface area contributed by atoms with E-state index >= 15 is 0 Å². The van der Waals surface area contributed by atoms with Gasteiger partial charge in [-0.05, 0) is 11.1 Å². The van der Waals surface area contributed by atoms with E-state index in [0.29, 0.717) is 5.04 Å². The molecule has 1 aromatic carbocycles. The summed E-state index contributed by atoms with van der Waals surface area (Å²) in [5.41, 5.74) is 1.23. The van der Waals surface area contributed by atoms with Crippen molar-refractivity contribution in [1.29, 1.82) is 0 Å². The summed E-state index contributed by atoms with van der Waals surface area (Å²) in [6, 6.07) is 8.23. The lowest BCUT2D eigenvalue weighted by Crippen LogP contribution is -2.27. The van der Waals surface area contributed by atoms with Gasteiger partial charge in [0.2, 0.25) is 0 Å². The fraction of sp³-hybridized carbons (Fsp3) is 0.538. The topological polar surface area (TPSA) is 9.23 Å². The van der Waals surface area contributed by atoms with Crippen LogP contribution in [0.15, 0.2) is 24.3 Å². The summed E-state index contributed by atoms with van der Waals surface area (Å²) in [6.07, 6.45) is 0. The highest BCUT2D eigenvalue weighted by atomic mass is 79.9. The van der Waals surface area contributed by atoms with Crippen LogP contribution in [-0.4, -0.2) is 15.4 Å². The zero-order chi connectivity index (χ0) is 12.2. The van der Waals surface area contributed by atoms with E-state index in [0.717, 1.165) is 17.7 Å². The Kier molecular flexibility index (Phi) is 5.06. The molecule has 0 aliphatic carbocycles. The fourth-order valence-electron chi connectivity index (χ4n) is 1.19. The molecular weight excluding hydrogens is 280 g/mol. The Morgan fingerprint density at radius 2 is 1.88 bits per heavy atom. The summed E-state index contributed by atoms with van der Waals surface area (Å²) < 4.78 is 5.96. The maximum absolute atomic E-state index is 5.96. The van der Waals surface area contributed by atoms with Gasteiger partial charge in [0, 0.05) is 19.7 Å². The molecule has 0 N–H and O–H groups in total. The first kappa shape index (κ1) is 13.8. The monoisotopic (exact) mass is 300 g/mol. The molecule has 1 aromatic rings. The van der Waals surface area contributed by atoms with Crippen molar-refractivity contribution in [3.63, 3.8) is 0 Å². The van der Waals surface area contributed by atoms with Crippen molar-refractivity contribution in [2.45, 2.75) is 37.3 Å². The van der Waals surface area contributed by atoms with Crippen LogP contribution in [0.4, 0.5) is 0 Å². The Morgan fingerprint density at radius 3 is 2.44 bits per heavy atom. The van der Waals surface area contributed by atoms with Gasteiger partial charge < -0.3 is 4.74 Å². The molecule has 90 valence electrons. The summed E-state index contributed by atoms with van der Waals surface area (Å²) in [6.45, 7) is 10.2. The van der Waals surface area contributed by atoms with Gasteiger partial charge in [-0.3, -0.25) is 0 Å². The van der Waals surface area contributed by atoms with Crippen molar-refractivity contribution >= 4 is 24.7 Å². The average molecular weight is 301 g/mol. The van der Waals surface area contributed by atoms with Crippen LogP contribution in [0.5, 0.6) is 5.75 Å². The van der Waals surface area contributed by atoms with Gasteiger partial charge in [-0.15, -0.1) is 0 Å². The molecule has 0 bridgehead atoms. The fourth-order valence-corrected chi connectivity index (χ4v) is 2.07. The molecule has 0 saturated heterocycles. The molecular formula is C13H21BrOSi. The third kappa shape index (κ3) is 3.63. The van der Waals surface area contributed by atoms with Crippen LogP contribution in [0.25, 0.3) is 0 Å². The molecule has 0 saturated carbocycles. The third-order valence-electron chi connectivity index (χ3n) is 3.28. The van der Waals surface area contributed by atoms with Crippen LogP contribution in [0.3, 0.4) is 0 Å². The lowest BCUT2D eigenvalue weighted by molar-refractivity contribution is 0.274. The van der Waals surface area contributed by atoms with Gasteiger partial charge in [-0.25, -0.2) is 0 Å². The van der Waals surface area contributed by atoms with Crippen molar-refractivity contribution in [2.24, 2.45) is 0 Å². The zero-order valence-corrected chi connectivity index (χ0v) is 13.3. The van der Waals surface area contributed by atoms with Crippen molar-refractivity contribution < 1.29 is 4.74 Å². The number of hydrogen-bond donors (Lipinski definition) is 0. The normalized spacial score (nSPS) is 11.9. The predicted octanol–water partition coefficient (Wildman–Crippen LogP) is 4.23. The summed E-state index contributed by atoms with van der Waals surface area (Å²) in [5, 5.41) is 1.20. The molecule has 0 unspecified atom stereocenters. The molecule has 0 aliphatic heterocycles. The predicted molar refractivity (Wildman–Crippen MR) is 77.5 cm³/mol. The minimum absolute atomic E-state index is 0.347. The number of halogens is 1. The van der Waals surface area contributed by atoms with Crippen molar-refractivity contribution in [1.82, 2.24) is 0 Å². The smallest absolute Gasteiger partial charge is 0.123 e. The number of benzene rings is 1. The molecule has 0 heterocycles. The van der Waals surface area contributed by atoms with E-state index in [9.17, 15) is 0 Å². The number of alkyl halides is 1. The molecule has 1 rings (SSSR count). The maximum Gasteiger partial charge on any atom is 0.123 e. The van der Waals surface area contributed by atoms with E-state index in [1.54, 1.807) is 0 Å². The number of ether oxygens (including phenoxy) is 1. The number of para-hydroxylation sites is 1. The first-order valence-corrected chi connectivity index (χ1v) is 9.75. The van der Waals surface area contributed by atoms with Gasteiger partial charge in [-0.1, -0.05) is 61.1 Å². The minimum atomic E-state index is -0.682. The standard InChI is InChI=1S/C13H21BrOSi/c1-13(2,16(3)4)10-15-12-8-6-5-7-11(12)9-14/h5-8,16H,9-10H2,1-4H3. The Labute approximate surface area is 109 Å². The van der Waals surface area contributed by atoms with Crippen LogP contribution < -0.4 is 4.74 Å². The van der Waals surface area contributed by atoms with E-state index in [4.69, 9.17) is 4.74 Å². The van der Waals surface area contributed by atoms with Gasteiger partial charge in [0.05, 0.1) is 6.61 Å². The molecule has 0 spiro atoms. The Bertz CT molecular complexity index is 336. The van der Waals surface area contributed by atoms with Gasteiger partial charge in [0.15, 0.2) is 0 Å². The largest absolute Gasteiger partial charge is 0.493 e. The van der Waals surface area contributed by atoms with E-state index in [1.807, 2.05) is 12.1 Å². The average Bonchev–Trinajstić information content (AvgIpc) is 2.26. The minimum Gasteiger partial charge on any atom is -0.493 e. The Morgan fingerprint density at radius 1 is 1.25 bits per heavy atom. The molecule has 16 heavy (non-hydrogen) atoms.